The van der Waals surface area contributed by atoms with Crippen molar-refractivity contribution in [1.29, 1.82) is 0 Å². The fourth-order valence-corrected chi connectivity index (χ4v) is 3.85. The van der Waals surface area contributed by atoms with Gasteiger partial charge in [-0.2, -0.15) is 0 Å². The minimum Gasteiger partial charge on any atom is -0.337 e. The molecule has 0 bridgehead atoms. The predicted octanol–water partition coefficient (Wildman–Crippen LogP) is 5.61. The Hall–Kier alpha value is -4.19. The molecule has 33 heavy (non-hydrogen) atoms. The zero-order valence-electron chi connectivity index (χ0n) is 18.1. The third kappa shape index (κ3) is 4.70. The lowest BCUT2D eigenvalue weighted by Gasteiger charge is -2.11. The van der Waals surface area contributed by atoms with E-state index in [2.05, 4.69) is 9.97 Å². The number of ketones is 1. The average molecular weight is 434 g/mol. The van der Waals surface area contributed by atoms with Crippen molar-refractivity contribution >= 4 is 16.8 Å². The SMILES string of the molecule is O=C(CCCCn1ccnc1)c1ccc2nc(-c3ccccn3)c(-c3ccccc3)nc2c1. The zero-order valence-corrected chi connectivity index (χ0v) is 18.1. The van der Waals surface area contributed by atoms with Gasteiger partial charge in [0.2, 0.25) is 0 Å². The van der Waals surface area contributed by atoms with E-state index in [9.17, 15) is 4.79 Å². The summed E-state index contributed by atoms with van der Waals surface area (Å²) in [6, 6.07) is 21.3. The monoisotopic (exact) mass is 433 g/mol. The summed E-state index contributed by atoms with van der Waals surface area (Å²) < 4.78 is 2.03. The largest absolute Gasteiger partial charge is 0.337 e. The molecular weight excluding hydrogens is 410 g/mol. The highest BCUT2D eigenvalue weighted by Crippen LogP contribution is 2.30. The Morgan fingerprint density at radius 3 is 2.45 bits per heavy atom. The maximum absolute atomic E-state index is 12.8. The van der Waals surface area contributed by atoms with Gasteiger partial charge < -0.3 is 4.57 Å². The van der Waals surface area contributed by atoms with Crippen LogP contribution in [0, 0.1) is 0 Å². The molecule has 6 heteroatoms. The summed E-state index contributed by atoms with van der Waals surface area (Å²) >= 11 is 0. The van der Waals surface area contributed by atoms with Crippen LogP contribution in [-0.2, 0) is 6.54 Å². The highest BCUT2D eigenvalue weighted by atomic mass is 16.1. The summed E-state index contributed by atoms with van der Waals surface area (Å²) in [4.78, 5) is 31.2. The summed E-state index contributed by atoms with van der Waals surface area (Å²) in [6.07, 6.45) is 9.52. The standard InChI is InChI=1S/C27H23N5O/c33-25(11-5-7-16-32-17-15-28-19-32)21-12-13-22-24(18-21)31-26(20-8-2-1-3-9-20)27(30-22)23-10-4-6-14-29-23/h1-4,6,8-10,12-15,17-19H,5,7,11,16H2. The summed E-state index contributed by atoms with van der Waals surface area (Å²) in [6.45, 7) is 0.868. The van der Waals surface area contributed by atoms with Crippen molar-refractivity contribution in [3.63, 3.8) is 0 Å². The first kappa shape index (κ1) is 20.7. The highest BCUT2D eigenvalue weighted by Gasteiger charge is 2.15. The van der Waals surface area contributed by atoms with Gasteiger partial charge in [-0.05, 0) is 43.2 Å². The normalized spacial score (nSPS) is 11.0. The second-order valence-electron chi connectivity index (χ2n) is 7.89. The molecule has 0 aliphatic rings. The lowest BCUT2D eigenvalue weighted by molar-refractivity contribution is 0.0979. The molecule has 5 rings (SSSR count). The summed E-state index contributed by atoms with van der Waals surface area (Å²) in [5.41, 5.74) is 5.33. The van der Waals surface area contributed by atoms with E-state index in [1.54, 1.807) is 18.7 Å². The number of fused-ring (bicyclic) bond motifs is 1. The van der Waals surface area contributed by atoms with E-state index in [4.69, 9.17) is 9.97 Å². The Morgan fingerprint density at radius 2 is 1.67 bits per heavy atom. The smallest absolute Gasteiger partial charge is 0.162 e. The molecule has 162 valence electrons. The van der Waals surface area contributed by atoms with Crippen LogP contribution in [0.2, 0.25) is 0 Å². The lowest BCUT2D eigenvalue weighted by Crippen LogP contribution is -2.02. The van der Waals surface area contributed by atoms with Crippen molar-refractivity contribution in [2.45, 2.75) is 25.8 Å². The van der Waals surface area contributed by atoms with E-state index < -0.39 is 0 Å². The fraction of sp³-hybridized carbons (Fsp3) is 0.148. The number of carbonyl (C=O) groups excluding carboxylic acids is 1. The molecule has 0 saturated carbocycles. The molecule has 0 spiro atoms. The summed E-state index contributed by atoms with van der Waals surface area (Å²) in [5, 5.41) is 0. The Bertz CT molecular complexity index is 1370. The van der Waals surface area contributed by atoms with Crippen molar-refractivity contribution in [1.82, 2.24) is 24.5 Å². The number of carbonyl (C=O) groups is 1. The van der Waals surface area contributed by atoms with Crippen LogP contribution >= 0.6 is 0 Å². The molecule has 3 heterocycles. The zero-order chi connectivity index (χ0) is 22.5. The maximum atomic E-state index is 12.8. The first-order valence-corrected chi connectivity index (χ1v) is 11.1. The van der Waals surface area contributed by atoms with Crippen molar-refractivity contribution in [2.75, 3.05) is 0 Å². The minimum absolute atomic E-state index is 0.124. The third-order valence-corrected chi connectivity index (χ3v) is 5.57. The Morgan fingerprint density at radius 1 is 0.818 bits per heavy atom. The molecule has 0 fully saturated rings. The first-order chi connectivity index (χ1) is 16.3. The predicted molar refractivity (Wildman–Crippen MR) is 129 cm³/mol. The number of imidazole rings is 1. The Kier molecular flexibility index (Phi) is 5.97. The number of hydrogen-bond donors (Lipinski definition) is 0. The molecule has 0 N–H and O–H groups in total. The van der Waals surface area contributed by atoms with Crippen molar-refractivity contribution in [3.8, 4) is 22.6 Å². The van der Waals surface area contributed by atoms with Gasteiger partial charge in [0.25, 0.3) is 0 Å². The van der Waals surface area contributed by atoms with Crippen LogP contribution in [0.1, 0.15) is 29.6 Å². The van der Waals surface area contributed by atoms with Crippen molar-refractivity contribution < 1.29 is 4.79 Å². The number of pyridine rings is 1. The van der Waals surface area contributed by atoms with E-state index in [0.717, 1.165) is 47.5 Å². The number of rotatable bonds is 8. The average Bonchev–Trinajstić information content (AvgIpc) is 3.40. The van der Waals surface area contributed by atoms with Gasteiger partial charge in [0, 0.05) is 42.7 Å². The molecule has 0 amide bonds. The van der Waals surface area contributed by atoms with Crippen LogP contribution in [0.3, 0.4) is 0 Å². The van der Waals surface area contributed by atoms with Crippen LogP contribution in [0.15, 0.2) is 91.6 Å². The number of aryl methyl sites for hydroxylation is 1. The topological polar surface area (TPSA) is 73.6 Å². The highest BCUT2D eigenvalue weighted by molar-refractivity contribution is 5.99. The van der Waals surface area contributed by atoms with Crippen molar-refractivity contribution in [3.05, 3.63) is 97.2 Å². The van der Waals surface area contributed by atoms with Crippen LogP contribution in [0.4, 0.5) is 0 Å². The van der Waals surface area contributed by atoms with E-state index in [1.807, 2.05) is 77.5 Å². The Balaban J connectivity index is 1.43. The molecule has 0 atom stereocenters. The fourth-order valence-electron chi connectivity index (χ4n) is 3.85. The van der Waals surface area contributed by atoms with Crippen LogP contribution in [-0.4, -0.2) is 30.3 Å². The van der Waals surface area contributed by atoms with Gasteiger partial charge in [-0.1, -0.05) is 36.4 Å². The van der Waals surface area contributed by atoms with Crippen LogP contribution in [0.5, 0.6) is 0 Å². The molecular formula is C27H23N5O. The second kappa shape index (κ2) is 9.53. The van der Waals surface area contributed by atoms with Gasteiger partial charge in [-0.3, -0.25) is 9.78 Å². The molecule has 2 aromatic carbocycles. The van der Waals surface area contributed by atoms with E-state index >= 15 is 0 Å². The van der Waals surface area contributed by atoms with Gasteiger partial charge in [0.15, 0.2) is 5.78 Å². The molecule has 0 aliphatic heterocycles. The molecule has 0 saturated heterocycles. The number of hydrogen-bond acceptors (Lipinski definition) is 5. The molecule has 0 radical (unpaired) electrons. The summed E-state index contributed by atoms with van der Waals surface area (Å²) in [5.74, 6) is 0.124. The van der Waals surface area contributed by atoms with Gasteiger partial charge in [-0.25, -0.2) is 15.0 Å². The lowest BCUT2D eigenvalue weighted by atomic mass is 10.0. The number of Topliss-reactive ketones (excluding diaryl/α,β-unsaturated/α-hetero) is 1. The minimum atomic E-state index is 0.124. The van der Waals surface area contributed by atoms with Crippen LogP contribution < -0.4 is 0 Å². The van der Waals surface area contributed by atoms with E-state index in [1.165, 1.54) is 0 Å². The van der Waals surface area contributed by atoms with Crippen molar-refractivity contribution in [2.24, 2.45) is 0 Å². The number of aromatic nitrogens is 5. The van der Waals surface area contributed by atoms with E-state index in [0.29, 0.717) is 17.5 Å². The van der Waals surface area contributed by atoms with Gasteiger partial charge in [-0.15, -0.1) is 0 Å². The molecule has 0 unspecified atom stereocenters. The summed E-state index contributed by atoms with van der Waals surface area (Å²) in [7, 11) is 0. The van der Waals surface area contributed by atoms with Crippen LogP contribution in [0.25, 0.3) is 33.7 Å². The first-order valence-electron chi connectivity index (χ1n) is 11.1. The third-order valence-electron chi connectivity index (χ3n) is 5.57. The number of nitrogens with zero attached hydrogens (tertiary/aromatic N) is 5. The molecule has 5 aromatic rings. The van der Waals surface area contributed by atoms with Gasteiger partial charge in [0.1, 0.15) is 5.69 Å². The number of benzene rings is 2. The van der Waals surface area contributed by atoms with Gasteiger partial charge in [0.05, 0.1) is 28.7 Å². The van der Waals surface area contributed by atoms with Gasteiger partial charge >= 0.3 is 0 Å². The molecule has 0 aliphatic carbocycles. The molecule has 6 nitrogen and oxygen atoms in total. The second-order valence-corrected chi connectivity index (χ2v) is 7.89. The van der Waals surface area contributed by atoms with E-state index in [-0.39, 0.29) is 5.78 Å². The number of unbranched alkanes of at least 4 members (excludes halogenated alkanes) is 1. The quantitative estimate of drug-likeness (QED) is 0.235. The molecule has 3 aromatic heterocycles. The maximum Gasteiger partial charge on any atom is 0.162 e. The Labute approximate surface area is 192 Å².